The lowest BCUT2D eigenvalue weighted by Gasteiger charge is -2.16. The Morgan fingerprint density at radius 2 is 2.14 bits per heavy atom. The highest BCUT2D eigenvalue weighted by molar-refractivity contribution is 5.93. The standard InChI is InChI=1S/C16H25N3O2/c1-19(10-11-21-12-13-6-7-13)9-8-16(20)18-15-5-3-2-4-14(15)17/h2-5,13H,6-12,17H2,1H3,(H,18,20). The fourth-order valence-electron chi connectivity index (χ4n) is 1.98. The number of likely N-dealkylation sites (N-methyl/N-ethyl adjacent to an activating group) is 1. The zero-order valence-corrected chi connectivity index (χ0v) is 12.7. The Morgan fingerprint density at radius 1 is 1.38 bits per heavy atom. The van der Waals surface area contributed by atoms with Crippen molar-refractivity contribution < 1.29 is 9.53 Å². The van der Waals surface area contributed by atoms with E-state index in [1.165, 1.54) is 12.8 Å². The molecule has 0 spiro atoms. The number of carbonyl (C=O) groups is 1. The third kappa shape index (κ3) is 6.14. The molecule has 0 radical (unpaired) electrons. The molecule has 1 saturated carbocycles. The molecule has 116 valence electrons. The van der Waals surface area contributed by atoms with E-state index < -0.39 is 0 Å². The quantitative estimate of drug-likeness (QED) is 0.539. The molecule has 1 amide bonds. The van der Waals surface area contributed by atoms with Gasteiger partial charge in [0.1, 0.15) is 0 Å². The molecule has 5 heteroatoms. The number of amides is 1. The van der Waals surface area contributed by atoms with E-state index in [-0.39, 0.29) is 5.91 Å². The minimum atomic E-state index is -0.0151. The van der Waals surface area contributed by atoms with Crippen LogP contribution in [0.4, 0.5) is 11.4 Å². The molecule has 2 rings (SSSR count). The van der Waals surface area contributed by atoms with Crippen LogP contribution in [0.15, 0.2) is 24.3 Å². The summed E-state index contributed by atoms with van der Waals surface area (Å²) >= 11 is 0. The monoisotopic (exact) mass is 291 g/mol. The second kappa shape index (κ2) is 8.00. The van der Waals surface area contributed by atoms with Gasteiger partial charge in [0.15, 0.2) is 0 Å². The van der Waals surface area contributed by atoms with Gasteiger partial charge in [-0.2, -0.15) is 0 Å². The van der Waals surface area contributed by atoms with Crippen molar-refractivity contribution in [3.05, 3.63) is 24.3 Å². The number of nitrogens with one attached hydrogen (secondary N) is 1. The van der Waals surface area contributed by atoms with Crippen molar-refractivity contribution in [3.63, 3.8) is 0 Å². The van der Waals surface area contributed by atoms with Crippen molar-refractivity contribution in [1.82, 2.24) is 4.90 Å². The third-order valence-electron chi connectivity index (χ3n) is 3.62. The van der Waals surface area contributed by atoms with Gasteiger partial charge in [-0.05, 0) is 37.9 Å². The number of anilines is 2. The molecule has 0 bridgehead atoms. The third-order valence-corrected chi connectivity index (χ3v) is 3.62. The van der Waals surface area contributed by atoms with Gasteiger partial charge in [-0.25, -0.2) is 0 Å². The smallest absolute Gasteiger partial charge is 0.225 e. The lowest BCUT2D eigenvalue weighted by atomic mass is 10.2. The fourth-order valence-corrected chi connectivity index (χ4v) is 1.98. The molecule has 0 aliphatic heterocycles. The second-order valence-corrected chi connectivity index (χ2v) is 5.71. The minimum absolute atomic E-state index is 0.0151. The summed E-state index contributed by atoms with van der Waals surface area (Å²) < 4.78 is 5.59. The summed E-state index contributed by atoms with van der Waals surface area (Å²) in [6.07, 6.45) is 3.09. The molecule has 1 aromatic carbocycles. The van der Waals surface area contributed by atoms with Gasteiger partial charge in [0.25, 0.3) is 0 Å². The number of nitrogen functional groups attached to an aromatic ring is 1. The minimum Gasteiger partial charge on any atom is -0.397 e. The average molecular weight is 291 g/mol. The summed E-state index contributed by atoms with van der Waals surface area (Å²) in [6.45, 7) is 3.20. The van der Waals surface area contributed by atoms with E-state index in [1.807, 2.05) is 25.2 Å². The lowest BCUT2D eigenvalue weighted by Crippen LogP contribution is -2.27. The van der Waals surface area contributed by atoms with Gasteiger partial charge in [-0.1, -0.05) is 12.1 Å². The van der Waals surface area contributed by atoms with Gasteiger partial charge in [-0.15, -0.1) is 0 Å². The second-order valence-electron chi connectivity index (χ2n) is 5.71. The van der Waals surface area contributed by atoms with Crippen LogP contribution < -0.4 is 11.1 Å². The normalized spacial score (nSPS) is 14.4. The molecule has 1 aliphatic carbocycles. The molecule has 0 aromatic heterocycles. The number of rotatable bonds is 9. The molecule has 1 aliphatic rings. The average Bonchev–Trinajstić information content (AvgIpc) is 3.28. The van der Waals surface area contributed by atoms with Crippen molar-refractivity contribution in [2.45, 2.75) is 19.3 Å². The highest BCUT2D eigenvalue weighted by atomic mass is 16.5. The first-order chi connectivity index (χ1) is 10.1. The number of hydrogen-bond donors (Lipinski definition) is 2. The highest BCUT2D eigenvalue weighted by Crippen LogP contribution is 2.28. The number of ether oxygens (including phenoxy) is 1. The van der Waals surface area contributed by atoms with Gasteiger partial charge >= 0.3 is 0 Å². The van der Waals surface area contributed by atoms with Gasteiger partial charge in [0, 0.05) is 26.1 Å². The van der Waals surface area contributed by atoms with Crippen molar-refractivity contribution in [3.8, 4) is 0 Å². The first-order valence-corrected chi connectivity index (χ1v) is 7.56. The first-order valence-electron chi connectivity index (χ1n) is 7.56. The van der Waals surface area contributed by atoms with Crippen molar-refractivity contribution in [2.75, 3.05) is 44.4 Å². The zero-order valence-electron chi connectivity index (χ0n) is 12.7. The van der Waals surface area contributed by atoms with Crippen LogP contribution in [0.3, 0.4) is 0 Å². The molecule has 1 aromatic rings. The number of carbonyl (C=O) groups excluding carboxylic acids is 1. The summed E-state index contributed by atoms with van der Waals surface area (Å²) in [5.41, 5.74) is 7.06. The van der Waals surface area contributed by atoms with Gasteiger partial charge < -0.3 is 20.7 Å². The van der Waals surface area contributed by atoms with Crippen molar-refractivity contribution in [2.24, 2.45) is 5.92 Å². The Morgan fingerprint density at radius 3 is 2.86 bits per heavy atom. The lowest BCUT2D eigenvalue weighted by molar-refractivity contribution is -0.116. The number of nitrogens with two attached hydrogens (primary N) is 1. The molecular weight excluding hydrogens is 266 g/mol. The summed E-state index contributed by atoms with van der Waals surface area (Å²) in [4.78, 5) is 14.0. The van der Waals surface area contributed by atoms with Crippen molar-refractivity contribution >= 4 is 17.3 Å². The molecule has 0 saturated heterocycles. The van der Waals surface area contributed by atoms with Crippen LogP contribution in [0.5, 0.6) is 0 Å². The molecule has 21 heavy (non-hydrogen) atoms. The topological polar surface area (TPSA) is 67.6 Å². The molecule has 0 atom stereocenters. The number of hydrogen-bond acceptors (Lipinski definition) is 4. The fraction of sp³-hybridized carbons (Fsp3) is 0.562. The predicted molar refractivity (Wildman–Crippen MR) is 85.1 cm³/mol. The Bertz CT molecular complexity index is 461. The summed E-state index contributed by atoms with van der Waals surface area (Å²) in [6, 6.07) is 7.29. The number of nitrogens with zero attached hydrogens (tertiary/aromatic N) is 1. The van der Waals surface area contributed by atoms with E-state index in [2.05, 4.69) is 10.2 Å². The van der Waals surface area contributed by atoms with Crippen LogP contribution in [0.2, 0.25) is 0 Å². The van der Waals surface area contributed by atoms with E-state index in [1.54, 1.807) is 6.07 Å². The molecule has 5 nitrogen and oxygen atoms in total. The molecule has 0 heterocycles. The molecule has 0 unspecified atom stereocenters. The van der Waals surface area contributed by atoms with Gasteiger partial charge in [0.2, 0.25) is 5.91 Å². The van der Waals surface area contributed by atoms with Crippen LogP contribution >= 0.6 is 0 Å². The Labute approximate surface area is 126 Å². The largest absolute Gasteiger partial charge is 0.397 e. The molecule has 1 fully saturated rings. The first kappa shape index (κ1) is 15.8. The Balaban J connectivity index is 1.58. The van der Waals surface area contributed by atoms with E-state index in [9.17, 15) is 4.79 Å². The van der Waals surface area contributed by atoms with Crippen LogP contribution in [0.25, 0.3) is 0 Å². The Hall–Kier alpha value is -1.59. The maximum Gasteiger partial charge on any atom is 0.225 e. The van der Waals surface area contributed by atoms with Gasteiger partial charge in [-0.3, -0.25) is 4.79 Å². The summed E-state index contributed by atoms with van der Waals surface area (Å²) in [5, 5.41) is 2.83. The van der Waals surface area contributed by atoms with Crippen LogP contribution in [-0.2, 0) is 9.53 Å². The summed E-state index contributed by atoms with van der Waals surface area (Å²) in [5.74, 6) is 0.788. The van der Waals surface area contributed by atoms with Gasteiger partial charge in [0.05, 0.1) is 18.0 Å². The van der Waals surface area contributed by atoms with Crippen LogP contribution in [0.1, 0.15) is 19.3 Å². The maximum absolute atomic E-state index is 11.9. The molecular formula is C16H25N3O2. The zero-order chi connectivity index (χ0) is 15.1. The molecule has 3 N–H and O–H groups in total. The van der Waals surface area contributed by atoms with E-state index in [0.29, 0.717) is 24.3 Å². The van der Waals surface area contributed by atoms with Crippen LogP contribution in [0, 0.1) is 5.92 Å². The summed E-state index contributed by atoms with van der Waals surface area (Å²) in [7, 11) is 2.00. The van der Waals surface area contributed by atoms with E-state index in [4.69, 9.17) is 10.5 Å². The van der Waals surface area contributed by atoms with Crippen molar-refractivity contribution in [1.29, 1.82) is 0 Å². The number of para-hydroxylation sites is 2. The predicted octanol–water partition coefficient (Wildman–Crippen LogP) is 1.96. The van der Waals surface area contributed by atoms with E-state index in [0.717, 1.165) is 25.7 Å². The Kier molecular flexibility index (Phi) is 6.02. The number of benzene rings is 1. The van der Waals surface area contributed by atoms with E-state index >= 15 is 0 Å². The maximum atomic E-state index is 11.9. The SMILES string of the molecule is CN(CCOCC1CC1)CCC(=O)Nc1ccccc1N. The highest BCUT2D eigenvalue weighted by Gasteiger charge is 2.20. The van der Waals surface area contributed by atoms with Crippen LogP contribution in [-0.4, -0.2) is 44.2 Å².